The predicted molar refractivity (Wildman–Crippen MR) is 104 cm³/mol. The van der Waals surface area contributed by atoms with Crippen LogP contribution in [0.5, 0.6) is 0 Å². The van der Waals surface area contributed by atoms with Gasteiger partial charge in [0.15, 0.2) is 17.0 Å². The van der Waals surface area contributed by atoms with E-state index in [1.54, 1.807) is 6.33 Å². The molecule has 0 saturated carbocycles. The molecule has 0 radical (unpaired) electrons. The summed E-state index contributed by atoms with van der Waals surface area (Å²) in [5.74, 6) is 0.399. The number of hydrogen-bond acceptors (Lipinski definition) is 7. The minimum Gasteiger partial charge on any atom is -0.463 e. The minimum absolute atomic E-state index is 0.104. The van der Waals surface area contributed by atoms with Crippen LogP contribution in [-0.4, -0.2) is 38.2 Å². The molecule has 0 bridgehead atoms. The van der Waals surface area contributed by atoms with E-state index in [0.717, 1.165) is 18.5 Å². The molecule has 0 unspecified atom stereocenters. The molecule has 1 aliphatic rings. The number of carbonyl (C=O) groups excluding carboxylic acids is 1. The third-order valence-electron chi connectivity index (χ3n) is 4.81. The number of esters is 1. The van der Waals surface area contributed by atoms with Crippen LogP contribution in [0.4, 0.5) is 5.82 Å². The zero-order valence-electron chi connectivity index (χ0n) is 16.0. The number of fused-ring (bicyclic) bond motifs is 1. The molecular weight excluding hydrogens is 358 g/mol. The van der Waals surface area contributed by atoms with Crippen LogP contribution in [0.3, 0.4) is 0 Å². The second-order valence-electron chi connectivity index (χ2n) is 6.98. The summed E-state index contributed by atoms with van der Waals surface area (Å²) >= 11 is 0. The van der Waals surface area contributed by atoms with Gasteiger partial charge in [-0.2, -0.15) is 0 Å². The van der Waals surface area contributed by atoms with Gasteiger partial charge in [0.2, 0.25) is 0 Å². The number of nitrogens with one attached hydrogen (secondary N) is 1. The van der Waals surface area contributed by atoms with Crippen molar-refractivity contribution >= 4 is 23.0 Å². The highest BCUT2D eigenvalue weighted by Gasteiger charge is 2.29. The zero-order chi connectivity index (χ0) is 19.5. The van der Waals surface area contributed by atoms with Crippen LogP contribution in [0.1, 0.15) is 37.1 Å². The second-order valence-corrected chi connectivity index (χ2v) is 6.98. The van der Waals surface area contributed by atoms with Crippen LogP contribution in [0.2, 0.25) is 0 Å². The highest BCUT2D eigenvalue weighted by atomic mass is 16.6. The number of imidazole rings is 1. The molecular formula is C20H23N5O3. The van der Waals surface area contributed by atoms with Gasteiger partial charge in [0.25, 0.3) is 0 Å². The topological polar surface area (TPSA) is 91.2 Å². The van der Waals surface area contributed by atoms with Crippen LogP contribution in [-0.2, 0) is 20.8 Å². The number of carbonyl (C=O) groups is 1. The molecule has 1 N–H and O–H groups in total. The van der Waals surface area contributed by atoms with Gasteiger partial charge in [-0.3, -0.25) is 9.36 Å². The van der Waals surface area contributed by atoms with Crippen molar-refractivity contribution in [1.82, 2.24) is 19.5 Å². The van der Waals surface area contributed by atoms with E-state index >= 15 is 0 Å². The van der Waals surface area contributed by atoms with Crippen molar-refractivity contribution in [2.75, 3.05) is 11.9 Å². The average molecular weight is 381 g/mol. The molecule has 0 aliphatic carbocycles. The van der Waals surface area contributed by atoms with Crippen LogP contribution in [0, 0.1) is 6.92 Å². The maximum atomic E-state index is 11.0. The summed E-state index contributed by atoms with van der Waals surface area (Å²) < 4.78 is 13.0. The van der Waals surface area contributed by atoms with E-state index in [1.807, 2.05) is 4.57 Å². The van der Waals surface area contributed by atoms with Gasteiger partial charge in [-0.15, -0.1) is 0 Å². The third-order valence-corrected chi connectivity index (χ3v) is 4.81. The molecule has 8 heteroatoms. The SMILES string of the molecule is CC(=O)OC[C@@H]1CC[C@H](n2cnc3c(NCc4ccc(C)cc4)ncnc32)O1. The molecule has 146 valence electrons. The van der Waals surface area contributed by atoms with E-state index in [-0.39, 0.29) is 24.9 Å². The molecule has 1 saturated heterocycles. The first-order chi connectivity index (χ1) is 13.6. The third kappa shape index (κ3) is 3.96. The van der Waals surface area contributed by atoms with Gasteiger partial charge in [-0.1, -0.05) is 29.8 Å². The Morgan fingerprint density at radius 2 is 2.07 bits per heavy atom. The summed E-state index contributed by atoms with van der Waals surface area (Å²) in [5.41, 5.74) is 3.83. The summed E-state index contributed by atoms with van der Waals surface area (Å²) in [4.78, 5) is 24.2. The number of aryl methyl sites for hydroxylation is 1. The van der Waals surface area contributed by atoms with Gasteiger partial charge in [-0.25, -0.2) is 15.0 Å². The number of nitrogens with zero attached hydrogens (tertiary/aromatic N) is 4. The lowest BCUT2D eigenvalue weighted by Crippen LogP contribution is -2.18. The first-order valence-electron chi connectivity index (χ1n) is 9.36. The second kappa shape index (κ2) is 7.93. The summed E-state index contributed by atoms with van der Waals surface area (Å²) in [6.07, 6.45) is 4.62. The fourth-order valence-electron chi connectivity index (χ4n) is 3.31. The molecule has 4 rings (SSSR count). The number of rotatable bonds is 6. The normalized spacial score (nSPS) is 19.1. The van der Waals surface area contributed by atoms with Gasteiger partial charge in [0.1, 0.15) is 19.2 Å². The van der Waals surface area contributed by atoms with Gasteiger partial charge in [-0.05, 0) is 25.3 Å². The average Bonchev–Trinajstić information content (AvgIpc) is 3.32. The van der Waals surface area contributed by atoms with E-state index in [1.165, 1.54) is 24.4 Å². The molecule has 3 aromatic rings. The predicted octanol–water partition coefficient (Wildman–Crippen LogP) is 2.99. The summed E-state index contributed by atoms with van der Waals surface area (Å²) in [6.45, 7) is 4.40. The Balaban J connectivity index is 1.47. The Bertz CT molecular complexity index is 970. The molecule has 2 atom stereocenters. The molecule has 28 heavy (non-hydrogen) atoms. The van der Waals surface area contributed by atoms with Crippen molar-refractivity contribution in [2.24, 2.45) is 0 Å². The molecule has 0 spiro atoms. The van der Waals surface area contributed by atoms with Crippen molar-refractivity contribution in [2.45, 2.75) is 45.6 Å². The highest BCUT2D eigenvalue weighted by Crippen LogP contribution is 2.31. The molecule has 1 fully saturated rings. The van der Waals surface area contributed by atoms with Gasteiger partial charge in [0.05, 0.1) is 12.4 Å². The Kier molecular flexibility index (Phi) is 5.21. The van der Waals surface area contributed by atoms with E-state index < -0.39 is 0 Å². The fourth-order valence-corrected chi connectivity index (χ4v) is 3.31. The van der Waals surface area contributed by atoms with E-state index in [4.69, 9.17) is 9.47 Å². The Morgan fingerprint density at radius 3 is 2.86 bits per heavy atom. The van der Waals surface area contributed by atoms with Crippen molar-refractivity contribution in [3.05, 3.63) is 48.0 Å². The monoisotopic (exact) mass is 381 g/mol. The van der Waals surface area contributed by atoms with Gasteiger partial charge >= 0.3 is 5.97 Å². The van der Waals surface area contributed by atoms with Crippen LogP contribution >= 0.6 is 0 Å². The Labute approximate surface area is 162 Å². The maximum Gasteiger partial charge on any atom is 0.302 e. The van der Waals surface area contributed by atoms with Crippen molar-refractivity contribution < 1.29 is 14.3 Å². The standard InChI is InChI=1S/C20H23N5O3/c1-13-3-5-15(6-4-13)9-21-19-18-20(23-11-22-19)25(12-24-18)17-8-7-16(28-17)10-27-14(2)26/h3-6,11-12,16-17H,7-10H2,1-2H3,(H,21,22,23)/t16-,17+/m0/s1. The lowest BCUT2D eigenvalue weighted by atomic mass is 10.1. The van der Waals surface area contributed by atoms with E-state index in [2.05, 4.69) is 51.5 Å². The lowest BCUT2D eigenvalue weighted by Gasteiger charge is -2.15. The smallest absolute Gasteiger partial charge is 0.302 e. The van der Waals surface area contributed by atoms with Crippen LogP contribution in [0.15, 0.2) is 36.9 Å². The van der Waals surface area contributed by atoms with Crippen LogP contribution in [0.25, 0.3) is 11.2 Å². The summed E-state index contributed by atoms with van der Waals surface area (Å²) in [6, 6.07) is 8.36. The number of ether oxygens (including phenoxy) is 2. The lowest BCUT2D eigenvalue weighted by molar-refractivity contribution is -0.145. The number of benzene rings is 1. The van der Waals surface area contributed by atoms with Crippen molar-refractivity contribution in [1.29, 1.82) is 0 Å². The maximum absolute atomic E-state index is 11.0. The first kappa shape index (κ1) is 18.4. The van der Waals surface area contributed by atoms with E-state index in [0.29, 0.717) is 17.9 Å². The largest absolute Gasteiger partial charge is 0.463 e. The van der Waals surface area contributed by atoms with Crippen molar-refractivity contribution in [3.63, 3.8) is 0 Å². The van der Waals surface area contributed by atoms with Crippen LogP contribution < -0.4 is 5.32 Å². The van der Waals surface area contributed by atoms with E-state index in [9.17, 15) is 4.79 Å². The number of anilines is 1. The fraction of sp³-hybridized carbons (Fsp3) is 0.400. The molecule has 3 heterocycles. The molecule has 0 amide bonds. The zero-order valence-corrected chi connectivity index (χ0v) is 16.0. The molecule has 1 aliphatic heterocycles. The van der Waals surface area contributed by atoms with Gasteiger partial charge in [0, 0.05) is 13.5 Å². The molecule has 1 aromatic carbocycles. The Hall–Kier alpha value is -3.00. The van der Waals surface area contributed by atoms with Crippen molar-refractivity contribution in [3.8, 4) is 0 Å². The first-order valence-corrected chi connectivity index (χ1v) is 9.36. The summed E-state index contributed by atoms with van der Waals surface area (Å²) in [5, 5.41) is 3.34. The number of hydrogen-bond donors (Lipinski definition) is 1. The Morgan fingerprint density at radius 1 is 1.25 bits per heavy atom. The quantitative estimate of drug-likeness (QED) is 0.656. The number of aromatic nitrogens is 4. The minimum atomic E-state index is -0.294. The molecule has 8 nitrogen and oxygen atoms in total. The summed E-state index contributed by atoms with van der Waals surface area (Å²) in [7, 11) is 0. The highest BCUT2D eigenvalue weighted by molar-refractivity contribution is 5.82. The van der Waals surface area contributed by atoms with Gasteiger partial charge < -0.3 is 14.8 Å². The molecule has 2 aromatic heterocycles.